The Morgan fingerprint density at radius 2 is 1.91 bits per heavy atom. The molecule has 4 rings (SSSR count). The predicted octanol–water partition coefficient (Wildman–Crippen LogP) is 3.34. The zero-order valence-electron chi connectivity index (χ0n) is 20.8. The molecule has 1 aromatic rings. The molecule has 7 nitrogen and oxygen atoms in total. The monoisotopic (exact) mass is 471 g/mol. The molecular weight excluding hydrogens is 430 g/mol. The number of benzene rings is 1. The molecule has 7 heteroatoms. The summed E-state index contributed by atoms with van der Waals surface area (Å²) in [4.78, 5) is 30.7. The van der Waals surface area contributed by atoms with Crippen LogP contribution < -0.4 is 10.1 Å². The second-order valence-electron chi connectivity index (χ2n) is 10.7. The van der Waals surface area contributed by atoms with Crippen molar-refractivity contribution >= 4 is 11.8 Å². The van der Waals surface area contributed by atoms with Crippen molar-refractivity contribution in [3.63, 3.8) is 0 Å². The molecular formula is C27H41N3O4. The van der Waals surface area contributed by atoms with E-state index in [4.69, 9.17) is 4.74 Å². The van der Waals surface area contributed by atoms with Crippen molar-refractivity contribution in [3.8, 4) is 5.75 Å². The molecule has 0 aromatic heterocycles. The lowest BCUT2D eigenvalue weighted by Gasteiger charge is -2.38. The lowest BCUT2D eigenvalue weighted by molar-refractivity contribution is -0.122. The Morgan fingerprint density at radius 1 is 1.15 bits per heavy atom. The highest BCUT2D eigenvalue weighted by atomic mass is 16.5. The molecule has 0 saturated carbocycles. The van der Waals surface area contributed by atoms with Crippen LogP contribution in [0.1, 0.15) is 81.1 Å². The summed E-state index contributed by atoms with van der Waals surface area (Å²) in [7, 11) is 0. The van der Waals surface area contributed by atoms with E-state index >= 15 is 0 Å². The number of fused-ring (bicyclic) bond motifs is 3. The molecule has 3 aliphatic rings. The van der Waals surface area contributed by atoms with Crippen LogP contribution in [0.15, 0.2) is 18.2 Å². The first kappa shape index (κ1) is 25.0. The Morgan fingerprint density at radius 3 is 2.65 bits per heavy atom. The highest BCUT2D eigenvalue weighted by molar-refractivity contribution is 5.97. The van der Waals surface area contributed by atoms with Gasteiger partial charge < -0.3 is 20.1 Å². The Hall–Kier alpha value is -2.12. The number of piperidine rings is 1. The second-order valence-corrected chi connectivity index (χ2v) is 10.7. The van der Waals surface area contributed by atoms with Gasteiger partial charge >= 0.3 is 0 Å². The van der Waals surface area contributed by atoms with Crippen molar-refractivity contribution in [3.05, 3.63) is 29.3 Å². The van der Waals surface area contributed by atoms with Gasteiger partial charge in [0.1, 0.15) is 5.75 Å². The summed E-state index contributed by atoms with van der Waals surface area (Å²) >= 11 is 0. The molecule has 34 heavy (non-hydrogen) atoms. The number of hydrogen-bond acceptors (Lipinski definition) is 5. The van der Waals surface area contributed by atoms with Gasteiger partial charge in [-0.2, -0.15) is 0 Å². The van der Waals surface area contributed by atoms with Gasteiger partial charge in [-0.25, -0.2) is 0 Å². The third-order valence-corrected chi connectivity index (χ3v) is 7.48. The predicted molar refractivity (Wildman–Crippen MR) is 132 cm³/mol. The Labute approximate surface area is 203 Å². The van der Waals surface area contributed by atoms with Crippen LogP contribution in [-0.4, -0.2) is 71.1 Å². The van der Waals surface area contributed by atoms with Crippen LogP contribution in [0.2, 0.25) is 0 Å². The van der Waals surface area contributed by atoms with Crippen LogP contribution in [0, 0.1) is 5.92 Å². The van der Waals surface area contributed by atoms with E-state index in [1.807, 2.05) is 23.1 Å². The molecule has 0 aliphatic carbocycles. The molecule has 2 bridgehead atoms. The number of carbonyl (C=O) groups is 2. The fourth-order valence-electron chi connectivity index (χ4n) is 5.63. The number of nitrogens with one attached hydrogen (secondary N) is 1. The molecule has 0 radical (unpaired) electrons. The van der Waals surface area contributed by atoms with E-state index in [0.29, 0.717) is 50.6 Å². The summed E-state index contributed by atoms with van der Waals surface area (Å²) in [6.07, 6.45) is 6.76. The largest absolute Gasteiger partial charge is 0.493 e. The molecule has 2 fully saturated rings. The fraction of sp³-hybridized carbons (Fsp3) is 0.704. The van der Waals surface area contributed by atoms with E-state index in [1.54, 1.807) is 0 Å². The van der Waals surface area contributed by atoms with Crippen molar-refractivity contribution in [1.82, 2.24) is 15.1 Å². The normalized spacial score (nSPS) is 26.6. The first-order valence-corrected chi connectivity index (χ1v) is 13.2. The molecule has 0 spiro atoms. The van der Waals surface area contributed by atoms with Gasteiger partial charge in [0.25, 0.3) is 5.91 Å². The number of ether oxygens (including phenoxy) is 1. The third kappa shape index (κ3) is 6.11. The molecule has 1 aromatic carbocycles. The quantitative estimate of drug-likeness (QED) is 0.704. The molecule has 188 valence electrons. The minimum absolute atomic E-state index is 0.0392. The SMILES string of the molecule is CC(C)CCN1CC(=O)NCCCCCOc2cccc(C(=O)N3C4CCC3CC(O)C4)c2C1. The van der Waals surface area contributed by atoms with Crippen LogP contribution >= 0.6 is 0 Å². The van der Waals surface area contributed by atoms with Gasteiger partial charge in [0.05, 0.1) is 19.3 Å². The number of aliphatic hydroxyl groups is 1. The van der Waals surface area contributed by atoms with Crippen molar-refractivity contribution < 1.29 is 19.4 Å². The van der Waals surface area contributed by atoms with Gasteiger partial charge in [0.2, 0.25) is 5.91 Å². The van der Waals surface area contributed by atoms with Gasteiger partial charge in [-0.15, -0.1) is 0 Å². The number of aliphatic hydroxyl groups excluding tert-OH is 1. The summed E-state index contributed by atoms with van der Waals surface area (Å²) in [5, 5.41) is 13.3. The number of rotatable bonds is 4. The summed E-state index contributed by atoms with van der Waals surface area (Å²) < 4.78 is 6.22. The maximum atomic E-state index is 13.9. The maximum absolute atomic E-state index is 13.9. The number of carbonyl (C=O) groups excluding carboxylic acids is 2. The van der Waals surface area contributed by atoms with Gasteiger partial charge in [-0.1, -0.05) is 19.9 Å². The number of amides is 2. The Balaban J connectivity index is 1.64. The molecule has 3 aliphatic heterocycles. The van der Waals surface area contributed by atoms with Crippen molar-refractivity contribution in [1.29, 1.82) is 0 Å². The summed E-state index contributed by atoms with van der Waals surface area (Å²) in [5.41, 5.74) is 1.56. The van der Waals surface area contributed by atoms with E-state index in [0.717, 1.165) is 56.4 Å². The first-order chi connectivity index (χ1) is 16.4. The summed E-state index contributed by atoms with van der Waals surface area (Å²) in [6.45, 7) is 7.27. The Bertz CT molecular complexity index is 844. The van der Waals surface area contributed by atoms with Crippen LogP contribution in [-0.2, 0) is 11.3 Å². The van der Waals surface area contributed by atoms with E-state index in [2.05, 4.69) is 24.1 Å². The highest BCUT2D eigenvalue weighted by Gasteiger charge is 2.43. The van der Waals surface area contributed by atoms with Crippen molar-refractivity contribution in [2.75, 3.05) is 26.2 Å². The molecule has 2 N–H and O–H groups in total. The zero-order chi connectivity index (χ0) is 24.1. The Kier molecular flexibility index (Phi) is 8.48. The van der Waals surface area contributed by atoms with E-state index in [9.17, 15) is 14.7 Å². The third-order valence-electron chi connectivity index (χ3n) is 7.48. The van der Waals surface area contributed by atoms with Gasteiger partial charge in [-0.05, 0) is 76.0 Å². The zero-order valence-corrected chi connectivity index (χ0v) is 20.8. The topological polar surface area (TPSA) is 82.1 Å². The van der Waals surface area contributed by atoms with Crippen molar-refractivity contribution in [2.24, 2.45) is 5.92 Å². The van der Waals surface area contributed by atoms with Gasteiger partial charge in [-0.3, -0.25) is 14.5 Å². The second kappa shape index (κ2) is 11.5. The average Bonchev–Trinajstić information content (AvgIpc) is 3.08. The lowest BCUT2D eigenvalue weighted by atomic mass is 9.97. The van der Waals surface area contributed by atoms with Crippen LogP contribution in [0.5, 0.6) is 5.75 Å². The highest BCUT2D eigenvalue weighted by Crippen LogP contribution is 2.38. The average molecular weight is 472 g/mol. The standard InChI is InChI=1S/C27H41N3O4/c1-19(2)11-13-29-17-24-23(27(33)30-20-9-10-21(30)16-22(31)15-20)7-6-8-25(24)34-14-5-3-4-12-28-26(32)18-29/h6-8,19-22,31H,3-5,9-18H2,1-2H3,(H,28,32). The number of hydrogen-bond donors (Lipinski definition) is 2. The molecule has 2 amide bonds. The summed E-state index contributed by atoms with van der Waals surface area (Å²) in [5.74, 6) is 1.36. The van der Waals surface area contributed by atoms with E-state index in [1.165, 1.54) is 0 Å². The van der Waals surface area contributed by atoms with Crippen LogP contribution in [0.25, 0.3) is 0 Å². The fourth-order valence-corrected chi connectivity index (χ4v) is 5.63. The number of nitrogens with zero attached hydrogens (tertiary/aromatic N) is 2. The molecule has 2 unspecified atom stereocenters. The van der Waals surface area contributed by atoms with Gasteiger partial charge in [0, 0.05) is 36.3 Å². The molecule has 2 saturated heterocycles. The smallest absolute Gasteiger partial charge is 0.254 e. The van der Waals surface area contributed by atoms with Crippen molar-refractivity contribution in [2.45, 2.75) is 89.9 Å². The van der Waals surface area contributed by atoms with Crippen LogP contribution in [0.3, 0.4) is 0 Å². The minimum atomic E-state index is -0.310. The molecule has 3 heterocycles. The molecule has 2 atom stereocenters. The van der Waals surface area contributed by atoms with Gasteiger partial charge in [0.15, 0.2) is 0 Å². The van der Waals surface area contributed by atoms with E-state index < -0.39 is 0 Å². The van der Waals surface area contributed by atoms with Crippen LogP contribution in [0.4, 0.5) is 0 Å². The summed E-state index contributed by atoms with van der Waals surface area (Å²) in [6, 6.07) is 6.00. The lowest BCUT2D eigenvalue weighted by Crippen LogP contribution is -2.48. The minimum Gasteiger partial charge on any atom is -0.493 e. The maximum Gasteiger partial charge on any atom is 0.254 e. The van der Waals surface area contributed by atoms with E-state index in [-0.39, 0.29) is 30.0 Å². The first-order valence-electron chi connectivity index (χ1n) is 13.2.